The number of thioether (sulfide) groups is 1. The number of thiophene rings is 1. The van der Waals surface area contributed by atoms with Gasteiger partial charge in [-0.3, -0.25) is 4.79 Å². The second-order valence-corrected chi connectivity index (χ2v) is 9.14. The van der Waals surface area contributed by atoms with Crippen LogP contribution in [0.4, 0.5) is 5.69 Å². The van der Waals surface area contributed by atoms with Gasteiger partial charge in [0.15, 0.2) is 5.17 Å². The molecule has 6 heteroatoms. The number of carbonyl (C=O) groups is 1. The highest BCUT2D eigenvalue weighted by atomic mass is 35.5. The fourth-order valence-electron chi connectivity index (χ4n) is 3.20. The summed E-state index contributed by atoms with van der Waals surface area (Å²) >= 11 is 8.93. The summed E-state index contributed by atoms with van der Waals surface area (Å²) in [4.78, 5) is 18.8. The van der Waals surface area contributed by atoms with E-state index in [1.807, 2.05) is 60.0 Å². The molecule has 0 bridgehead atoms. The van der Waals surface area contributed by atoms with Crippen molar-refractivity contribution in [3.05, 3.63) is 93.7 Å². The molecule has 1 fully saturated rings. The molecule has 3 aromatic carbocycles. The van der Waals surface area contributed by atoms with Crippen LogP contribution < -0.4 is 5.32 Å². The molecular weight excluding hydrogens is 432 g/mol. The summed E-state index contributed by atoms with van der Waals surface area (Å²) in [6, 6.07) is 24.1. The molecular formula is C24H15ClN2OS2. The van der Waals surface area contributed by atoms with Crippen LogP contribution in [0.3, 0.4) is 0 Å². The molecule has 146 valence electrons. The van der Waals surface area contributed by atoms with Crippen LogP contribution in [0.25, 0.3) is 27.3 Å². The maximum absolute atomic E-state index is 12.4. The quantitative estimate of drug-likeness (QED) is 0.340. The number of amidine groups is 1. The van der Waals surface area contributed by atoms with Crippen LogP contribution in [0, 0.1) is 0 Å². The van der Waals surface area contributed by atoms with Crippen molar-refractivity contribution in [2.45, 2.75) is 0 Å². The molecule has 1 aromatic heterocycles. The van der Waals surface area contributed by atoms with E-state index in [1.165, 1.54) is 17.1 Å². The number of hydrogen-bond donors (Lipinski definition) is 1. The van der Waals surface area contributed by atoms with Crippen LogP contribution in [-0.4, -0.2) is 11.1 Å². The van der Waals surface area contributed by atoms with Gasteiger partial charge in [0.05, 0.1) is 10.6 Å². The van der Waals surface area contributed by atoms with Crippen molar-refractivity contribution < 1.29 is 4.79 Å². The molecule has 1 aliphatic heterocycles. The number of rotatable bonds is 3. The number of halogens is 1. The predicted molar refractivity (Wildman–Crippen MR) is 130 cm³/mol. The smallest absolute Gasteiger partial charge is 0.264 e. The largest absolute Gasteiger partial charge is 0.300 e. The Morgan fingerprint density at radius 3 is 2.57 bits per heavy atom. The third-order valence-electron chi connectivity index (χ3n) is 4.67. The van der Waals surface area contributed by atoms with Crippen molar-refractivity contribution in [2.24, 2.45) is 4.99 Å². The van der Waals surface area contributed by atoms with Crippen LogP contribution in [0.15, 0.2) is 88.1 Å². The van der Waals surface area contributed by atoms with Crippen LogP contribution in [0.5, 0.6) is 0 Å². The van der Waals surface area contributed by atoms with Crippen molar-refractivity contribution in [1.82, 2.24) is 5.32 Å². The van der Waals surface area contributed by atoms with Gasteiger partial charge in [-0.05, 0) is 64.0 Å². The minimum absolute atomic E-state index is 0.125. The molecule has 0 spiro atoms. The van der Waals surface area contributed by atoms with E-state index in [4.69, 9.17) is 11.6 Å². The van der Waals surface area contributed by atoms with Gasteiger partial charge in [0.25, 0.3) is 5.91 Å². The van der Waals surface area contributed by atoms with Gasteiger partial charge < -0.3 is 5.32 Å². The summed E-state index contributed by atoms with van der Waals surface area (Å²) in [6.07, 6.45) is 1.90. The number of amides is 1. The molecule has 0 saturated carbocycles. The van der Waals surface area contributed by atoms with Crippen molar-refractivity contribution in [2.75, 3.05) is 0 Å². The van der Waals surface area contributed by atoms with Gasteiger partial charge in [-0.15, -0.1) is 11.3 Å². The van der Waals surface area contributed by atoms with E-state index in [0.29, 0.717) is 15.1 Å². The Balaban J connectivity index is 1.37. The lowest BCUT2D eigenvalue weighted by Crippen LogP contribution is -2.19. The molecule has 2 heterocycles. The highest BCUT2D eigenvalue weighted by Gasteiger charge is 2.24. The van der Waals surface area contributed by atoms with Gasteiger partial charge in [0.1, 0.15) is 0 Å². The number of hydrogen-bond acceptors (Lipinski definition) is 4. The Morgan fingerprint density at radius 2 is 1.73 bits per heavy atom. The molecule has 0 aliphatic carbocycles. The van der Waals surface area contributed by atoms with Gasteiger partial charge in [-0.25, -0.2) is 4.99 Å². The number of carbonyl (C=O) groups excluding carboxylic acids is 1. The lowest BCUT2D eigenvalue weighted by atomic mass is 10.1. The van der Waals surface area contributed by atoms with E-state index in [2.05, 4.69) is 34.6 Å². The van der Waals surface area contributed by atoms with Crippen LogP contribution >= 0.6 is 34.7 Å². The average molecular weight is 447 g/mol. The SMILES string of the molecule is O=C1NC(=Nc2csc(-c3ccc(Cl)cc3)c2)S/C1=C\c1ccc2ccccc2c1. The molecule has 1 amide bonds. The molecule has 0 atom stereocenters. The normalized spacial score (nSPS) is 16.5. The summed E-state index contributed by atoms with van der Waals surface area (Å²) in [5.74, 6) is -0.125. The molecule has 1 saturated heterocycles. The van der Waals surface area contributed by atoms with Crippen LogP contribution in [0.1, 0.15) is 5.56 Å². The first-order valence-electron chi connectivity index (χ1n) is 9.27. The van der Waals surface area contributed by atoms with E-state index in [1.54, 1.807) is 11.3 Å². The molecule has 0 unspecified atom stereocenters. The number of nitrogens with zero attached hydrogens (tertiary/aromatic N) is 1. The molecule has 1 aliphatic rings. The predicted octanol–water partition coefficient (Wildman–Crippen LogP) is 7.11. The molecule has 3 nitrogen and oxygen atoms in total. The Bertz CT molecular complexity index is 1320. The van der Waals surface area contributed by atoms with E-state index >= 15 is 0 Å². The summed E-state index contributed by atoms with van der Waals surface area (Å²) in [5.41, 5.74) is 2.91. The minimum atomic E-state index is -0.125. The molecule has 5 rings (SSSR count). The monoisotopic (exact) mass is 446 g/mol. The van der Waals surface area contributed by atoms with Crippen molar-refractivity contribution in [3.63, 3.8) is 0 Å². The third-order valence-corrected chi connectivity index (χ3v) is 6.80. The molecule has 30 heavy (non-hydrogen) atoms. The first-order valence-corrected chi connectivity index (χ1v) is 11.3. The Kier molecular flexibility index (Phi) is 5.17. The van der Waals surface area contributed by atoms with E-state index in [9.17, 15) is 4.79 Å². The summed E-state index contributed by atoms with van der Waals surface area (Å²) in [7, 11) is 0. The lowest BCUT2D eigenvalue weighted by molar-refractivity contribution is -0.115. The third kappa shape index (κ3) is 4.05. The second-order valence-electron chi connectivity index (χ2n) is 6.76. The topological polar surface area (TPSA) is 41.5 Å². The molecule has 1 N–H and O–H groups in total. The van der Waals surface area contributed by atoms with E-state index < -0.39 is 0 Å². The maximum Gasteiger partial charge on any atom is 0.264 e. The van der Waals surface area contributed by atoms with Crippen molar-refractivity contribution in [1.29, 1.82) is 0 Å². The second kappa shape index (κ2) is 8.11. The lowest BCUT2D eigenvalue weighted by Gasteiger charge is -1.99. The highest BCUT2D eigenvalue weighted by Crippen LogP contribution is 2.34. The maximum atomic E-state index is 12.4. The van der Waals surface area contributed by atoms with Gasteiger partial charge >= 0.3 is 0 Å². The standard InChI is InChI=1S/C24H15ClN2OS2/c25-19-9-7-17(8-10-19)21-13-20(14-29-21)26-24-27-23(28)22(30-24)12-15-5-6-16-3-1-2-4-18(16)11-15/h1-14H,(H,26,27,28)/b22-12-. The minimum Gasteiger partial charge on any atom is -0.300 e. The highest BCUT2D eigenvalue weighted by molar-refractivity contribution is 8.18. The van der Waals surface area contributed by atoms with Crippen molar-refractivity contribution in [3.8, 4) is 10.4 Å². The number of fused-ring (bicyclic) bond motifs is 1. The first kappa shape index (κ1) is 19.1. The Labute approximate surface area is 187 Å². The van der Waals surface area contributed by atoms with Gasteiger partial charge in [-0.1, -0.05) is 60.1 Å². The number of aliphatic imine (C=N–C) groups is 1. The number of benzene rings is 3. The average Bonchev–Trinajstić information content (AvgIpc) is 3.35. The summed E-state index contributed by atoms with van der Waals surface area (Å²) < 4.78 is 0. The summed E-state index contributed by atoms with van der Waals surface area (Å²) in [6.45, 7) is 0. The van der Waals surface area contributed by atoms with Gasteiger partial charge in [0.2, 0.25) is 0 Å². The Morgan fingerprint density at radius 1 is 0.933 bits per heavy atom. The zero-order valence-electron chi connectivity index (χ0n) is 15.6. The van der Waals surface area contributed by atoms with E-state index in [-0.39, 0.29) is 5.91 Å². The zero-order valence-corrected chi connectivity index (χ0v) is 18.0. The van der Waals surface area contributed by atoms with Gasteiger partial charge in [0, 0.05) is 15.3 Å². The molecule has 0 radical (unpaired) electrons. The van der Waals surface area contributed by atoms with Gasteiger partial charge in [-0.2, -0.15) is 0 Å². The van der Waals surface area contributed by atoms with Crippen LogP contribution in [0.2, 0.25) is 5.02 Å². The Hall–Kier alpha value is -2.86. The fraction of sp³-hybridized carbons (Fsp3) is 0. The summed E-state index contributed by atoms with van der Waals surface area (Å²) in [5, 5.41) is 8.47. The van der Waals surface area contributed by atoms with Crippen molar-refractivity contribution >= 4 is 68.3 Å². The zero-order chi connectivity index (χ0) is 20.5. The fourth-order valence-corrected chi connectivity index (χ4v) is 4.99. The number of nitrogens with one attached hydrogen (secondary N) is 1. The van der Waals surface area contributed by atoms with Crippen LogP contribution in [-0.2, 0) is 4.79 Å². The molecule has 4 aromatic rings. The first-order chi connectivity index (χ1) is 14.6. The van der Waals surface area contributed by atoms with E-state index in [0.717, 1.165) is 27.1 Å².